The van der Waals surface area contributed by atoms with E-state index in [0.29, 0.717) is 11.6 Å². The Morgan fingerprint density at radius 3 is 1.69 bits per heavy atom. The van der Waals surface area contributed by atoms with Gasteiger partial charge < -0.3 is 14.0 Å². The number of hydrogen-bond acceptors (Lipinski definition) is 5. The predicted octanol–water partition coefficient (Wildman–Crippen LogP) is 7.55. The van der Waals surface area contributed by atoms with Gasteiger partial charge in [-0.3, -0.25) is 0 Å². The van der Waals surface area contributed by atoms with E-state index in [1.165, 1.54) is 0 Å². The first-order valence-electron chi connectivity index (χ1n) is 12.9. The van der Waals surface area contributed by atoms with Gasteiger partial charge in [0, 0.05) is 21.9 Å². The predicted molar refractivity (Wildman–Crippen MR) is 157 cm³/mol. The Balaban J connectivity index is 1.53. The lowest BCUT2D eigenvalue weighted by Crippen LogP contribution is -2.03. The first-order chi connectivity index (χ1) is 18.9. The zero-order chi connectivity index (χ0) is 27.3. The Morgan fingerprint density at radius 1 is 0.615 bits per heavy atom. The van der Waals surface area contributed by atoms with Gasteiger partial charge in [0.2, 0.25) is 0 Å². The van der Waals surface area contributed by atoms with E-state index >= 15 is 0 Å². The van der Waals surface area contributed by atoms with Gasteiger partial charge in [0.15, 0.2) is 11.6 Å². The van der Waals surface area contributed by atoms with Gasteiger partial charge in [-0.1, -0.05) is 18.2 Å². The van der Waals surface area contributed by atoms with Crippen LogP contribution >= 0.6 is 0 Å². The lowest BCUT2D eigenvalue weighted by atomic mass is 10.0. The van der Waals surface area contributed by atoms with E-state index in [4.69, 9.17) is 14.5 Å². The molecule has 0 spiro atoms. The molecule has 194 valence electrons. The molecular formula is C33H30N4O2. The summed E-state index contributed by atoms with van der Waals surface area (Å²) in [6.45, 7) is 8.46. The van der Waals surface area contributed by atoms with Gasteiger partial charge in [-0.05, 0) is 98.5 Å². The maximum absolute atomic E-state index is 5.55. The fourth-order valence-corrected chi connectivity index (χ4v) is 5.64. The van der Waals surface area contributed by atoms with Crippen molar-refractivity contribution >= 4 is 21.8 Å². The molecule has 0 unspecified atom stereocenters. The van der Waals surface area contributed by atoms with Crippen molar-refractivity contribution < 1.29 is 9.47 Å². The topological polar surface area (TPSA) is 62.1 Å². The third-order valence-corrected chi connectivity index (χ3v) is 7.43. The van der Waals surface area contributed by atoms with Gasteiger partial charge >= 0.3 is 0 Å². The lowest BCUT2D eigenvalue weighted by molar-refractivity contribution is 0.415. The molecule has 0 N–H and O–H groups in total. The lowest BCUT2D eigenvalue weighted by Gasteiger charge is -2.16. The fraction of sp³-hybridized carbons (Fsp3) is 0.182. The highest BCUT2D eigenvalue weighted by molar-refractivity contribution is 6.10. The molecule has 0 aliphatic carbocycles. The monoisotopic (exact) mass is 514 g/mol. The number of rotatable bonds is 5. The van der Waals surface area contributed by atoms with Gasteiger partial charge in [0.1, 0.15) is 17.8 Å². The molecular weight excluding hydrogens is 484 g/mol. The normalized spacial score (nSPS) is 11.3. The Morgan fingerprint density at radius 2 is 1.15 bits per heavy atom. The maximum Gasteiger partial charge on any atom is 0.163 e. The molecule has 0 amide bonds. The molecule has 0 atom stereocenters. The Labute approximate surface area is 227 Å². The Hall–Kier alpha value is -4.71. The minimum atomic E-state index is 0.664. The average Bonchev–Trinajstić information content (AvgIpc) is 3.25. The standard InChI is InChI=1S/C33H30N4O2/c1-19-8-7-9-20(2)30(19)33-35-18-34-32(36-33)23-14-21(3)31(22(4)15-23)37-28-12-10-24(38-5)16-26(28)27-17-25(39-6)11-13-29(27)37/h7-18H,1-6H3. The summed E-state index contributed by atoms with van der Waals surface area (Å²) in [5.41, 5.74) is 9.93. The number of aromatic nitrogens is 4. The third-order valence-electron chi connectivity index (χ3n) is 7.43. The summed E-state index contributed by atoms with van der Waals surface area (Å²) in [6.07, 6.45) is 1.61. The van der Waals surface area contributed by atoms with Crippen LogP contribution in [0.2, 0.25) is 0 Å². The SMILES string of the molecule is COc1ccc2c(c1)c1cc(OC)ccc1n2-c1c(C)cc(-c2ncnc(-c3c(C)cccc3C)n2)cc1C. The van der Waals surface area contributed by atoms with E-state index in [2.05, 4.69) is 96.8 Å². The van der Waals surface area contributed by atoms with E-state index < -0.39 is 0 Å². The van der Waals surface area contributed by atoms with Crippen molar-refractivity contribution in [1.29, 1.82) is 0 Å². The molecule has 2 heterocycles. The molecule has 6 rings (SSSR count). The summed E-state index contributed by atoms with van der Waals surface area (Å²) in [7, 11) is 3.39. The van der Waals surface area contributed by atoms with Gasteiger partial charge in [-0.2, -0.15) is 0 Å². The maximum atomic E-state index is 5.55. The molecule has 6 aromatic rings. The molecule has 4 aromatic carbocycles. The molecule has 6 heteroatoms. The van der Waals surface area contributed by atoms with Crippen LogP contribution in [-0.2, 0) is 0 Å². The largest absolute Gasteiger partial charge is 0.497 e. The van der Waals surface area contributed by atoms with Crippen LogP contribution in [-0.4, -0.2) is 33.7 Å². The van der Waals surface area contributed by atoms with E-state index in [1.807, 2.05) is 12.1 Å². The first-order valence-corrected chi connectivity index (χ1v) is 12.9. The molecule has 39 heavy (non-hydrogen) atoms. The smallest absolute Gasteiger partial charge is 0.163 e. The number of methoxy groups -OCH3 is 2. The van der Waals surface area contributed by atoms with Crippen LogP contribution in [0.25, 0.3) is 50.3 Å². The molecule has 0 saturated carbocycles. The van der Waals surface area contributed by atoms with Crippen LogP contribution in [0, 0.1) is 27.7 Å². The highest BCUT2D eigenvalue weighted by atomic mass is 16.5. The quantitative estimate of drug-likeness (QED) is 0.238. The summed E-state index contributed by atoms with van der Waals surface area (Å²) in [5.74, 6) is 3.00. The van der Waals surface area contributed by atoms with Crippen LogP contribution in [0.1, 0.15) is 22.3 Å². The Kier molecular flexibility index (Phi) is 6.03. The molecule has 0 aliphatic rings. The van der Waals surface area contributed by atoms with E-state index in [0.717, 1.165) is 72.4 Å². The molecule has 0 bridgehead atoms. The van der Waals surface area contributed by atoms with E-state index in [-0.39, 0.29) is 0 Å². The molecule has 0 aliphatic heterocycles. The molecule has 0 radical (unpaired) electrons. The number of hydrogen-bond donors (Lipinski definition) is 0. The minimum absolute atomic E-state index is 0.664. The summed E-state index contributed by atoms with van der Waals surface area (Å²) in [6, 6.07) is 23.0. The second kappa shape index (κ2) is 9.55. The fourth-order valence-electron chi connectivity index (χ4n) is 5.64. The Bertz CT molecular complexity index is 1780. The summed E-state index contributed by atoms with van der Waals surface area (Å²) < 4.78 is 13.4. The highest BCUT2D eigenvalue weighted by Crippen LogP contribution is 2.38. The summed E-state index contributed by atoms with van der Waals surface area (Å²) >= 11 is 0. The molecule has 0 saturated heterocycles. The van der Waals surface area contributed by atoms with E-state index in [9.17, 15) is 0 Å². The van der Waals surface area contributed by atoms with Crippen molar-refractivity contribution in [2.75, 3.05) is 14.2 Å². The van der Waals surface area contributed by atoms with Crippen molar-refractivity contribution in [2.45, 2.75) is 27.7 Å². The summed E-state index contributed by atoms with van der Waals surface area (Å²) in [4.78, 5) is 14.0. The third kappa shape index (κ3) is 4.09. The van der Waals surface area contributed by atoms with Crippen LogP contribution in [0.5, 0.6) is 11.5 Å². The van der Waals surface area contributed by atoms with Crippen molar-refractivity contribution in [3.8, 4) is 40.0 Å². The van der Waals surface area contributed by atoms with Gasteiger partial charge in [0.05, 0.1) is 30.9 Å². The van der Waals surface area contributed by atoms with Gasteiger partial charge in [0.25, 0.3) is 0 Å². The summed E-state index contributed by atoms with van der Waals surface area (Å²) in [5, 5.41) is 2.23. The number of ether oxygens (including phenoxy) is 2. The number of benzene rings is 4. The zero-order valence-electron chi connectivity index (χ0n) is 23.0. The van der Waals surface area contributed by atoms with Crippen molar-refractivity contribution in [3.63, 3.8) is 0 Å². The zero-order valence-corrected chi connectivity index (χ0v) is 23.0. The van der Waals surface area contributed by atoms with Crippen LogP contribution in [0.3, 0.4) is 0 Å². The van der Waals surface area contributed by atoms with Gasteiger partial charge in [-0.15, -0.1) is 0 Å². The second-order valence-corrected chi connectivity index (χ2v) is 9.96. The minimum Gasteiger partial charge on any atom is -0.497 e. The molecule has 0 fully saturated rings. The van der Waals surface area contributed by atoms with Crippen LogP contribution in [0.4, 0.5) is 0 Å². The van der Waals surface area contributed by atoms with Crippen molar-refractivity contribution in [1.82, 2.24) is 19.5 Å². The van der Waals surface area contributed by atoms with E-state index in [1.54, 1.807) is 20.5 Å². The molecule has 2 aromatic heterocycles. The van der Waals surface area contributed by atoms with Crippen LogP contribution in [0.15, 0.2) is 73.1 Å². The van der Waals surface area contributed by atoms with Crippen molar-refractivity contribution in [3.05, 3.63) is 95.3 Å². The number of nitrogens with zero attached hydrogens (tertiary/aromatic N) is 4. The first kappa shape index (κ1) is 24.6. The number of aryl methyl sites for hydroxylation is 4. The second-order valence-electron chi connectivity index (χ2n) is 9.96. The van der Waals surface area contributed by atoms with Crippen molar-refractivity contribution in [2.24, 2.45) is 0 Å². The molecule has 6 nitrogen and oxygen atoms in total. The number of fused-ring (bicyclic) bond motifs is 3. The average molecular weight is 515 g/mol. The van der Waals surface area contributed by atoms with Gasteiger partial charge in [-0.25, -0.2) is 15.0 Å². The van der Waals surface area contributed by atoms with Crippen LogP contribution < -0.4 is 9.47 Å². The highest BCUT2D eigenvalue weighted by Gasteiger charge is 2.19.